The first-order chi connectivity index (χ1) is 20.1. The van der Waals surface area contributed by atoms with Gasteiger partial charge in [0.05, 0.1) is 6.61 Å². The van der Waals surface area contributed by atoms with E-state index in [0.717, 1.165) is 14.9 Å². The average Bonchev–Trinajstić information content (AvgIpc) is 3.27. The van der Waals surface area contributed by atoms with Crippen molar-refractivity contribution in [3.05, 3.63) is 119 Å². The second-order valence-corrected chi connectivity index (χ2v) is 15.6. The Kier molecular flexibility index (Phi) is 8.53. The molecule has 0 radical (unpaired) electrons. The number of rotatable bonds is 8. The van der Waals surface area contributed by atoms with Crippen LogP contribution in [0.4, 0.5) is 5.82 Å². The fourth-order valence-corrected chi connectivity index (χ4v) is 10.1. The van der Waals surface area contributed by atoms with E-state index in [2.05, 4.69) is 55.3 Å². The molecule has 5 rings (SSSR count). The van der Waals surface area contributed by atoms with Crippen LogP contribution in [0.2, 0.25) is 5.04 Å². The molecule has 1 aliphatic rings. The van der Waals surface area contributed by atoms with Gasteiger partial charge in [-0.3, -0.25) is 9.36 Å². The van der Waals surface area contributed by atoms with Crippen LogP contribution in [-0.4, -0.2) is 58.9 Å². The lowest BCUT2D eigenvalue weighted by molar-refractivity contribution is -0.0526. The summed E-state index contributed by atoms with van der Waals surface area (Å²) in [4.78, 5) is 29.3. The van der Waals surface area contributed by atoms with Gasteiger partial charge in [-0.15, -0.1) is 0 Å². The molecular formula is C32H35N3O6Si. The maximum absolute atomic E-state index is 12.9. The van der Waals surface area contributed by atoms with Gasteiger partial charge < -0.3 is 24.7 Å². The summed E-state index contributed by atoms with van der Waals surface area (Å²) >= 11 is 0. The van der Waals surface area contributed by atoms with Crippen molar-refractivity contribution < 1.29 is 24.2 Å². The number of hydrogen-bond acceptors (Lipinski definition) is 7. The quantitative estimate of drug-likeness (QED) is 0.272. The molecule has 0 aliphatic carbocycles. The fraction of sp³-hybridized carbons (Fsp3) is 0.281. The van der Waals surface area contributed by atoms with E-state index in [1.807, 2.05) is 36.4 Å². The van der Waals surface area contributed by atoms with Crippen molar-refractivity contribution in [2.75, 3.05) is 11.9 Å². The predicted octanol–water partition coefficient (Wildman–Crippen LogP) is 2.69. The molecule has 1 aromatic heterocycles. The standard InChI is InChI=1S/C32H35N3O6Si/c1-32(2,3)42(23-15-9-5-10-16-23,24-17-11-6-12-18-24)40-21-25-27(36)28(37)30(41-25)35-20-19-26(34-31(35)39)33-29(38)22-13-7-4-8-14-22/h4-20,25,27-28,30,36-37H,21H2,1-3H3,(H,33,34,38,39)/t25-,27-,28-,30-/m1/s1. The van der Waals surface area contributed by atoms with Crippen LogP contribution in [0.5, 0.6) is 0 Å². The maximum atomic E-state index is 12.9. The summed E-state index contributed by atoms with van der Waals surface area (Å²) in [6, 6.07) is 30.1. The summed E-state index contributed by atoms with van der Waals surface area (Å²) in [6.45, 7) is 6.43. The molecule has 0 bridgehead atoms. The summed E-state index contributed by atoms with van der Waals surface area (Å²) in [5.41, 5.74) is -0.324. The molecule has 1 aliphatic heterocycles. The summed E-state index contributed by atoms with van der Waals surface area (Å²) in [5, 5.41) is 26.3. The van der Waals surface area contributed by atoms with Gasteiger partial charge >= 0.3 is 5.69 Å². The lowest BCUT2D eigenvalue weighted by atomic mass is 10.1. The third kappa shape index (κ3) is 5.72. The molecule has 0 spiro atoms. The van der Waals surface area contributed by atoms with Crippen LogP contribution in [0.25, 0.3) is 0 Å². The van der Waals surface area contributed by atoms with E-state index < -0.39 is 44.5 Å². The molecule has 0 unspecified atom stereocenters. The number of amides is 1. The molecule has 0 saturated carbocycles. The highest BCUT2D eigenvalue weighted by Gasteiger charge is 2.52. The van der Waals surface area contributed by atoms with Crippen LogP contribution < -0.4 is 21.4 Å². The van der Waals surface area contributed by atoms with Gasteiger partial charge in [-0.05, 0) is 33.6 Å². The first-order valence-corrected chi connectivity index (χ1v) is 15.7. The Labute approximate surface area is 245 Å². The predicted molar refractivity (Wildman–Crippen MR) is 162 cm³/mol. The van der Waals surface area contributed by atoms with Crippen molar-refractivity contribution in [1.29, 1.82) is 0 Å². The Morgan fingerprint density at radius 1 is 0.905 bits per heavy atom. The summed E-state index contributed by atoms with van der Waals surface area (Å²) in [7, 11) is -2.93. The first kappa shape index (κ1) is 29.6. The van der Waals surface area contributed by atoms with E-state index in [9.17, 15) is 19.8 Å². The lowest BCUT2D eigenvalue weighted by Crippen LogP contribution is -2.67. The second-order valence-electron chi connectivity index (χ2n) is 11.3. The minimum absolute atomic E-state index is 0.00456. The monoisotopic (exact) mass is 585 g/mol. The van der Waals surface area contributed by atoms with Crippen LogP contribution in [0.3, 0.4) is 0 Å². The van der Waals surface area contributed by atoms with Gasteiger partial charge in [-0.2, -0.15) is 4.98 Å². The zero-order valence-electron chi connectivity index (χ0n) is 23.8. The van der Waals surface area contributed by atoms with Crippen LogP contribution in [-0.2, 0) is 9.16 Å². The molecule has 1 fully saturated rings. The Morgan fingerprint density at radius 2 is 1.45 bits per heavy atom. The lowest BCUT2D eigenvalue weighted by Gasteiger charge is -2.43. The second kappa shape index (κ2) is 12.1. The summed E-state index contributed by atoms with van der Waals surface area (Å²) in [5.74, 6) is -0.349. The van der Waals surface area contributed by atoms with Crippen LogP contribution in [0.1, 0.15) is 37.4 Å². The Hall–Kier alpha value is -3.93. The number of anilines is 1. The highest BCUT2D eigenvalue weighted by molar-refractivity contribution is 6.99. The summed E-state index contributed by atoms with van der Waals surface area (Å²) in [6.07, 6.45) is -3.43. The molecule has 3 aromatic carbocycles. The Morgan fingerprint density at radius 3 is 1.98 bits per heavy atom. The molecule has 4 aromatic rings. The maximum Gasteiger partial charge on any atom is 0.351 e. The van der Waals surface area contributed by atoms with Crippen LogP contribution >= 0.6 is 0 Å². The van der Waals surface area contributed by atoms with Gasteiger partial charge in [0.25, 0.3) is 14.2 Å². The fourth-order valence-electron chi connectivity index (χ4n) is 5.52. The van der Waals surface area contributed by atoms with Gasteiger partial charge in [0.1, 0.15) is 24.1 Å². The molecule has 9 nitrogen and oxygen atoms in total. The normalized spacial score (nSPS) is 20.8. The number of carbonyl (C=O) groups is 1. The van der Waals surface area contributed by atoms with Crippen molar-refractivity contribution in [2.24, 2.45) is 0 Å². The van der Waals surface area contributed by atoms with Gasteiger partial charge in [0, 0.05) is 11.8 Å². The van der Waals surface area contributed by atoms with E-state index in [1.54, 1.807) is 30.3 Å². The molecule has 4 atom stereocenters. The molecule has 42 heavy (non-hydrogen) atoms. The van der Waals surface area contributed by atoms with E-state index >= 15 is 0 Å². The van der Waals surface area contributed by atoms with Crippen LogP contribution in [0.15, 0.2) is 108 Å². The molecule has 2 heterocycles. The van der Waals surface area contributed by atoms with E-state index in [4.69, 9.17) is 9.16 Å². The first-order valence-electron chi connectivity index (χ1n) is 13.8. The van der Waals surface area contributed by atoms with Crippen LogP contribution in [0, 0.1) is 0 Å². The molecule has 218 valence electrons. The number of aromatic nitrogens is 2. The smallest absolute Gasteiger partial charge is 0.351 e. The summed E-state index contributed by atoms with van der Waals surface area (Å²) < 4.78 is 14.0. The largest absolute Gasteiger partial charge is 0.405 e. The number of hydrogen-bond donors (Lipinski definition) is 3. The molecular weight excluding hydrogens is 550 g/mol. The van der Waals surface area contributed by atoms with Crippen molar-refractivity contribution in [3.63, 3.8) is 0 Å². The van der Waals surface area contributed by atoms with Crippen molar-refractivity contribution in [1.82, 2.24) is 9.55 Å². The van der Waals surface area contributed by atoms with E-state index in [-0.39, 0.29) is 17.5 Å². The topological polar surface area (TPSA) is 123 Å². The van der Waals surface area contributed by atoms with Gasteiger partial charge in [0.15, 0.2) is 6.23 Å². The van der Waals surface area contributed by atoms with Crippen molar-refractivity contribution in [2.45, 2.75) is 50.3 Å². The van der Waals surface area contributed by atoms with Gasteiger partial charge in [0.2, 0.25) is 0 Å². The Bertz CT molecular complexity index is 1520. The number of carbonyl (C=O) groups excluding carboxylic acids is 1. The van der Waals surface area contributed by atoms with Crippen molar-refractivity contribution in [3.8, 4) is 0 Å². The minimum atomic E-state index is -2.93. The zero-order chi connectivity index (χ0) is 29.9. The molecule has 1 amide bonds. The van der Waals surface area contributed by atoms with Gasteiger partial charge in [-0.1, -0.05) is 99.6 Å². The zero-order valence-corrected chi connectivity index (χ0v) is 24.8. The highest BCUT2D eigenvalue weighted by atomic mass is 28.4. The molecule has 10 heteroatoms. The number of nitrogens with one attached hydrogen (secondary N) is 1. The highest BCUT2D eigenvalue weighted by Crippen LogP contribution is 2.38. The third-order valence-electron chi connectivity index (χ3n) is 7.60. The average molecular weight is 586 g/mol. The number of aliphatic hydroxyl groups excluding tert-OH is 2. The Balaban J connectivity index is 1.37. The van der Waals surface area contributed by atoms with E-state index in [1.165, 1.54) is 12.3 Å². The number of nitrogens with zero attached hydrogens (tertiary/aromatic N) is 2. The minimum Gasteiger partial charge on any atom is -0.405 e. The SMILES string of the molecule is CC(C)(C)[Si](OC[C@H]1O[C@@H](n2ccc(NC(=O)c3ccccc3)nc2=O)[C@H](O)[C@@H]1O)(c1ccccc1)c1ccccc1. The van der Waals surface area contributed by atoms with Crippen molar-refractivity contribution >= 4 is 30.4 Å². The number of aliphatic hydroxyl groups is 2. The number of benzene rings is 3. The third-order valence-corrected chi connectivity index (χ3v) is 12.6. The van der Waals surface area contributed by atoms with E-state index in [0.29, 0.717) is 5.56 Å². The number of ether oxygens (including phenoxy) is 1. The molecule has 3 N–H and O–H groups in total. The molecule has 1 saturated heterocycles. The van der Waals surface area contributed by atoms with Gasteiger partial charge in [-0.25, -0.2) is 4.79 Å².